The molecule has 0 unspecified atom stereocenters. The van der Waals surface area contributed by atoms with Crippen LogP contribution >= 0.6 is 11.6 Å². The molecule has 3 nitrogen and oxygen atoms in total. The van der Waals surface area contributed by atoms with Crippen LogP contribution in [-0.4, -0.2) is 23.1 Å². The molecule has 1 aliphatic carbocycles. The molecule has 0 bridgehead atoms. The molecule has 0 aromatic carbocycles. The van der Waals surface area contributed by atoms with Crippen molar-refractivity contribution in [2.45, 2.75) is 38.0 Å². The van der Waals surface area contributed by atoms with Gasteiger partial charge < -0.3 is 4.90 Å². The minimum absolute atomic E-state index is 0.407. The molecule has 2 fully saturated rings. The highest BCUT2D eigenvalue weighted by Crippen LogP contribution is 2.40. The van der Waals surface area contributed by atoms with Gasteiger partial charge in [-0.3, -0.25) is 0 Å². The summed E-state index contributed by atoms with van der Waals surface area (Å²) in [5.74, 6) is 1.67. The van der Waals surface area contributed by atoms with E-state index >= 15 is 0 Å². The maximum Gasteiger partial charge on any atom is 0.224 e. The van der Waals surface area contributed by atoms with Crippen LogP contribution in [0.5, 0.6) is 0 Å². The summed E-state index contributed by atoms with van der Waals surface area (Å²) in [5.41, 5.74) is 1.14. The van der Waals surface area contributed by atoms with Crippen molar-refractivity contribution in [2.75, 3.05) is 18.0 Å². The molecule has 4 heteroatoms. The summed E-state index contributed by atoms with van der Waals surface area (Å²) in [6.07, 6.45) is 6.38. The molecule has 1 saturated heterocycles. The van der Waals surface area contributed by atoms with Crippen LogP contribution in [0.2, 0.25) is 5.28 Å². The second kappa shape index (κ2) is 4.21. The normalized spacial score (nSPS) is 21.2. The Morgan fingerprint density at radius 2 is 1.88 bits per heavy atom. The average molecular weight is 238 g/mol. The molecule has 86 valence electrons. The predicted molar refractivity (Wildman–Crippen MR) is 65.1 cm³/mol. The number of rotatable bonds is 2. The molecule has 1 aromatic rings. The molecule has 0 spiro atoms. The first-order valence-corrected chi connectivity index (χ1v) is 6.50. The molecule has 0 amide bonds. The van der Waals surface area contributed by atoms with E-state index < -0.39 is 0 Å². The van der Waals surface area contributed by atoms with Crippen LogP contribution in [0.25, 0.3) is 0 Å². The fraction of sp³-hybridized carbons (Fsp3) is 0.667. The third-order valence-corrected chi connectivity index (χ3v) is 3.55. The zero-order chi connectivity index (χ0) is 11.0. The minimum Gasteiger partial charge on any atom is -0.356 e. The molecular formula is C12H16ClN3. The average Bonchev–Trinajstić information content (AvgIpc) is 3.13. The third kappa shape index (κ3) is 2.14. The van der Waals surface area contributed by atoms with Crippen molar-refractivity contribution in [3.63, 3.8) is 0 Å². The van der Waals surface area contributed by atoms with Crippen molar-refractivity contribution in [2.24, 2.45) is 0 Å². The van der Waals surface area contributed by atoms with E-state index in [9.17, 15) is 0 Å². The van der Waals surface area contributed by atoms with Gasteiger partial charge in [0.05, 0.1) is 5.69 Å². The third-order valence-electron chi connectivity index (χ3n) is 3.38. The lowest BCUT2D eigenvalue weighted by atomic mass is 10.1. The van der Waals surface area contributed by atoms with Crippen molar-refractivity contribution in [1.82, 2.24) is 9.97 Å². The first kappa shape index (κ1) is 10.3. The SMILES string of the molecule is Clc1nc(C2CC2)cc(N2CCCCC2)n1. The first-order chi connectivity index (χ1) is 7.83. The summed E-state index contributed by atoms with van der Waals surface area (Å²) in [6, 6.07) is 2.13. The highest BCUT2D eigenvalue weighted by atomic mass is 35.5. The van der Waals surface area contributed by atoms with Crippen molar-refractivity contribution in [3.8, 4) is 0 Å². The van der Waals surface area contributed by atoms with E-state index in [-0.39, 0.29) is 0 Å². The fourth-order valence-corrected chi connectivity index (χ4v) is 2.48. The topological polar surface area (TPSA) is 29.0 Å². The van der Waals surface area contributed by atoms with Crippen LogP contribution in [0.1, 0.15) is 43.7 Å². The summed E-state index contributed by atoms with van der Waals surface area (Å²) >= 11 is 5.99. The van der Waals surface area contributed by atoms with E-state index in [0.717, 1.165) is 24.6 Å². The number of piperidine rings is 1. The first-order valence-electron chi connectivity index (χ1n) is 6.12. The van der Waals surface area contributed by atoms with Crippen molar-refractivity contribution >= 4 is 17.4 Å². The van der Waals surface area contributed by atoms with Crippen LogP contribution < -0.4 is 4.90 Å². The zero-order valence-corrected chi connectivity index (χ0v) is 10.1. The maximum atomic E-state index is 5.99. The van der Waals surface area contributed by atoms with Crippen LogP contribution in [-0.2, 0) is 0 Å². The molecular weight excluding hydrogens is 222 g/mol. The lowest BCUT2D eigenvalue weighted by molar-refractivity contribution is 0.572. The van der Waals surface area contributed by atoms with Gasteiger partial charge in [0.25, 0.3) is 0 Å². The van der Waals surface area contributed by atoms with Gasteiger partial charge in [-0.2, -0.15) is 0 Å². The van der Waals surface area contributed by atoms with Crippen molar-refractivity contribution in [3.05, 3.63) is 17.0 Å². The Hall–Kier alpha value is -0.830. The molecule has 2 aliphatic rings. The van der Waals surface area contributed by atoms with E-state index in [4.69, 9.17) is 11.6 Å². The summed E-state index contributed by atoms with van der Waals surface area (Å²) < 4.78 is 0. The molecule has 0 radical (unpaired) electrons. The van der Waals surface area contributed by atoms with Gasteiger partial charge >= 0.3 is 0 Å². The standard InChI is InChI=1S/C12H16ClN3/c13-12-14-10(9-4-5-9)8-11(15-12)16-6-2-1-3-7-16/h8-9H,1-7H2. The molecule has 0 atom stereocenters. The van der Waals surface area contributed by atoms with Gasteiger partial charge in [-0.05, 0) is 43.7 Å². The largest absolute Gasteiger partial charge is 0.356 e. The summed E-state index contributed by atoms with van der Waals surface area (Å²) in [4.78, 5) is 11.0. The lowest BCUT2D eigenvalue weighted by Gasteiger charge is -2.27. The summed E-state index contributed by atoms with van der Waals surface area (Å²) in [7, 11) is 0. The summed E-state index contributed by atoms with van der Waals surface area (Å²) in [5, 5.41) is 0.407. The van der Waals surface area contributed by atoms with E-state index in [1.165, 1.54) is 32.1 Å². The smallest absolute Gasteiger partial charge is 0.224 e. The van der Waals surface area contributed by atoms with E-state index in [2.05, 4.69) is 20.9 Å². The molecule has 1 saturated carbocycles. The van der Waals surface area contributed by atoms with Gasteiger partial charge in [0.15, 0.2) is 0 Å². The Bertz CT molecular complexity index is 384. The number of hydrogen-bond acceptors (Lipinski definition) is 3. The number of halogens is 1. The maximum absolute atomic E-state index is 5.99. The quantitative estimate of drug-likeness (QED) is 0.741. The predicted octanol–water partition coefficient (Wildman–Crippen LogP) is 3.00. The molecule has 2 heterocycles. The zero-order valence-electron chi connectivity index (χ0n) is 9.32. The summed E-state index contributed by atoms with van der Waals surface area (Å²) in [6.45, 7) is 2.22. The van der Waals surface area contributed by atoms with Gasteiger partial charge in [0, 0.05) is 25.1 Å². The number of hydrogen-bond donors (Lipinski definition) is 0. The monoisotopic (exact) mass is 237 g/mol. The van der Waals surface area contributed by atoms with Gasteiger partial charge in [0.2, 0.25) is 5.28 Å². The molecule has 3 rings (SSSR count). The highest BCUT2D eigenvalue weighted by molar-refractivity contribution is 6.28. The number of anilines is 1. The second-order valence-electron chi connectivity index (χ2n) is 4.74. The van der Waals surface area contributed by atoms with Crippen molar-refractivity contribution < 1.29 is 0 Å². The van der Waals surface area contributed by atoms with Gasteiger partial charge in [-0.1, -0.05) is 0 Å². The van der Waals surface area contributed by atoms with E-state index in [1.54, 1.807) is 0 Å². The lowest BCUT2D eigenvalue weighted by Crippen LogP contribution is -2.30. The van der Waals surface area contributed by atoms with Gasteiger partial charge in [-0.25, -0.2) is 9.97 Å². The van der Waals surface area contributed by atoms with E-state index in [1.807, 2.05) is 0 Å². The van der Waals surface area contributed by atoms with Gasteiger partial charge in [-0.15, -0.1) is 0 Å². The van der Waals surface area contributed by atoms with Crippen LogP contribution in [0.15, 0.2) is 6.07 Å². The van der Waals surface area contributed by atoms with Crippen LogP contribution in [0.4, 0.5) is 5.82 Å². The number of aromatic nitrogens is 2. The van der Waals surface area contributed by atoms with E-state index in [0.29, 0.717) is 11.2 Å². The highest BCUT2D eigenvalue weighted by Gasteiger charge is 2.26. The Morgan fingerprint density at radius 1 is 1.12 bits per heavy atom. The fourth-order valence-electron chi connectivity index (χ4n) is 2.30. The Morgan fingerprint density at radius 3 is 2.56 bits per heavy atom. The Kier molecular flexibility index (Phi) is 2.72. The minimum atomic E-state index is 0.407. The van der Waals surface area contributed by atoms with Crippen LogP contribution in [0.3, 0.4) is 0 Å². The van der Waals surface area contributed by atoms with Gasteiger partial charge in [0.1, 0.15) is 5.82 Å². The molecule has 1 aromatic heterocycles. The Balaban J connectivity index is 1.86. The second-order valence-corrected chi connectivity index (χ2v) is 5.08. The molecule has 1 aliphatic heterocycles. The Labute approximate surface area is 101 Å². The van der Waals surface area contributed by atoms with Crippen molar-refractivity contribution in [1.29, 1.82) is 0 Å². The number of nitrogens with zero attached hydrogens (tertiary/aromatic N) is 3. The molecule has 16 heavy (non-hydrogen) atoms. The molecule has 0 N–H and O–H groups in total. The van der Waals surface area contributed by atoms with Crippen LogP contribution in [0, 0.1) is 0 Å².